The monoisotopic (exact) mass is 333 g/mol. The molecule has 0 aliphatic carbocycles. The molecule has 0 aliphatic heterocycles. The van der Waals surface area contributed by atoms with Gasteiger partial charge >= 0.3 is 0 Å². The molecule has 0 radical (unpaired) electrons. The number of benzene rings is 1. The molecule has 1 heterocycles. The van der Waals surface area contributed by atoms with Crippen molar-refractivity contribution >= 4 is 22.9 Å². The van der Waals surface area contributed by atoms with Gasteiger partial charge in [0.15, 0.2) is 0 Å². The summed E-state index contributed by atoms with van der Waals surface area (Å²) in [7, 11) is 3.17. The summed E-state index contributed by atoms with van der Waals surface area (Å²) in [5.74, 6) is 1.20. The molecular formula is C18H23NO3S. The fraction of sp³-hybridized carbons (Fsp3) is 0.389. The zero-order chi connectivity index (χ0) is 16.8. The highest BCUT2D eigenvalue weighted by Gasteiger charge is 2.14. The first-order valence-corrected chi connectivity index (χ1v) is 8.58. The van der Waals surface area contributed by atoms with E-state index in [4.69, 9.17) is 9.47 Å². The molecule has 1 aromatic heterocycles. The van der Waals surface area contributed by atoms with Gasteiger partial charge < -0.3 is 14.8 Å². The van der Waals surface area contributed by atoms with Crippen LogP contribution in [-0.2, 0) is 12.8 Å². The number of anilines is 1. The Balaban J connectivity index is 2.21. The van der Waals surface area contributed by atoms with Gasteiger partial charge in [-0.3, -0.25) is 4.79 Å². The molecule has 1 N–H and O–H groups in total. The van der Waals surface area contributed by atoms with Crippen LogP contribution in [0, 0.1) is 0 Å². The van der Waals surface area contributed by atoms with Crippen LogP contribution in [0.15, 0.2) is 24.3 Å². The minimum atomic E-state index is -0.0950. The Morgan fingerprint density at radius 3 is 2.26 bits per heavy atom. The Kier molecular flexibility index (Phi) is 6.04. The van der Waals surface area contributed by atoms with Crippen LogP contribution in [0.2, 0.25) is 0 Å². The Labute approximate surface area is 141 Å². The molecule has 124 valence electrons. The third-order valence-electron chi connectivity index (χ3n) is 3.59. The maximum absolute atomic E-state index is 12.5. The molecule has 0 atom stereocenters. The third kappa shape index (κ3) is 4.26. The predicted octanol–water partition coefficient (Wildman–Crippen LogP) is 4.53. The van der Waals surface area contributed by atoms with Gasteiger partial charge in [-0.25, -0.2) is 0 Å². The molecule has 23 heavy (non-hydrogen) atoms. The lowest BCUT2D eigenvalue weighted by Crippen LogP contribution is -2.10. The van der Waals surface area contributed by atoms with Crippen molar-refractivity contribution < 1.29 is 14.3 Å². The van der Waals surface area contributed by atoms with E-state index in [0.717, 1.165) is 24.1 Å². The van der Waals surface area contributed by atoms with Crippen LogP contribution in [0.3, 0.4) is 0 Å². The van der Waals surface area contributed by atoms with Gasteiger partial charge in [0.1, 0.15) is 11.5 Å². The normalized spacial score (nSPS) is 10.4. The van der Waals surface area contributed by atoms with E-state index in [-0.39, 0.29) is 5.91 Å². The highest BCUT2D eigenvalue weighted by Crippen LogP contribution is 2.28. The Morgan fingerprint density at radius 1 is 1.09 bits per heavy atom. The highest BCUT2D eigenvalue weighted by atomic mass is 32.1. The van der Waals surface area contributed by atoms with Crippen molar-refractivity contribution in [2.24, 2.45) is 0 Å². The first-order chi connectivity index (χ1) is 11.1. The molecule has 0 saturated carbocycles. The summed E-state index contributed by atoms with van der Waals surface area (Å²) in [6.07, 6.45) is 3.06. The van der Waals surface area contributed by atoms with Gasteiger partial charge in [0.2, 0.25) is 0 Å². The van der Waals surface area contributed by atoms with Gasteiger partial charge in [0, 0.05) is 28.8 Å². The number of thiophene rings is 1. The second-order valence-electron chi connectivity index (χ2n) is 5.22. The van der Waals surface area contributed by atoms with Crippen LogP contribution in [0.25, 0.3) is 0 Å². The van der Waals surface area contributed by atoms with Gasteiger partial charge in [-0.2, -0.15) is 0 Å². The number of hydrogen-bond donors (Lipinski definition) is 1. The van der Waals surface area contributed by atoms with E-state index in [1.807, 2.05) is 6.07 Å². The summed E-state index contributed by atoms with van der Waals surface area (Å²) >= 11 is 1.58. The summed E-state index contributed by atoms with van der Waals surface area (Å²) in [4.78, 5) is 14.6. The minimum Gasteiger partial charge on any atom is -0.497 e. The molecule has 2 aromatic rings. The Bertz CT molecular complexity index is 657. The van der Waals surface area contributed by atoms with Crippen LogP contribution in [-0.4, -0.2) is 20.1 Å². The van der Waals surface area contributed by atoms with Gasteiger partial charge in [0.05, 0.1) is 19.1 Å². The average Bonchev–Trinajstić information content (AvgIpc) is 2.98. The van der Waals surface area contributed by atoms with E-state index in [0.29, 0.717) is 17.2 Å². The molecule has 4 nitrogen and oxygen atoms in total. The highest BCUT2D eigenvalue weighted by molar-refractivity contribution is 7.14. The molecule has 0 aliphatic rings. The van der Waals surface area contributed by atoms with E-state index >= 15 is 0 Å². The van der Waals surface area contributed by atoms with Crippen LogP contribution < -0.4 is 14.8 Å². The van der Waals surface area contributed by atoms with Crippen LogP contribution in [0.1, 0.15) is 40.4 Å². The SMILES string of the molecule is CCCc1sc(C(=O)Nc2cc(OC)cc(OC)c2)cc1CC. The number of nitrogens with one attached hydrogen (secondary N) is 1. The van der Waals surface area contributed by atoms with Crippen molar-refractivity contribution in [1.82, 2.24) is 0 Å². The largest absolute Gasteiger partial charge is 0.497 e. The molecule has 5 heteroatoms. The third-order valence-corrected chi connectivity index (χ3v) is 4.82. The molecule has 0 unspecified atom stereocenters. The van der Waals surface area contributed by atoms with Gasteiger partial charge in [-0.1, -0.05) is 20.3 Å². The van der Waals surface area contributed by atoms with Crippen LogP contribution in [0.4, 0.5) is 5.69 Å². The topological polar surface area (TPSA) is 47.6 Å². The minimum absolute atomic E-state index is 0.0950. The standard InChI is InChI=1S/C18H23NO3S/c1-5-7-16-12(6-2)8-17(23-16)18(20)19-13-9-14(21-3)11-15(10-13)22-4/h8-11H,5-7H2,1-4H3,(H,19,20). The maximum Gasteiger partial charge on any atom is 0.265 e. The number of amides is 1. The van der Waals surface area contributed by atoms with Crippen molar-refractivity contribution in [3.63, 3.8) is 0 Å². The molecule has 0 saturated heterocycles. The van der Waals surface area contributed by atoms with E-state index < -0.39 is 0 Å². The fourth-order valence-corrected chi connectivity index (χ4v) is 3.64. The Morgan fingerprint density at radius 2 is 1.74 bits per heavy atom. The number of methoxy groups -OCH3 is 2. The molecular weight excluding hydrogens is 310 g/mol. The number of rotatable bonds is 7. The first kappa shape index (κ1) is 17.3. The lowest BCUT2D eigenvalue weighted by Gasteiger charge is -2.09. The van der Waals surface area contributed by atoms with Crippen LogP contribution in [0.5, 0.6) is 11.5 Å². The number of ether oxygens (including phenoxy) is 2. The van der Waals surface area contributed by atoms with Crippen molar-refractivity contribution in [2.45, 2.75) is 33.1 Å². The maximum atomic E-state index is 12.5. The van der Waals surface area contributed by atoms with E-state index in [2.05, 4.69) is 19.2 Å². The summed E-state index contributed by atoms with van der Waals surface area (Å²) in [6.45, 7) is 4.28. The second-order valence-corrected chi connectivity index (χ2v) is 6.35. The van der Waals surface area contributed by atoms with Gasteiger partial charge in [-0.15, -0.1) is 11.3 Å². The molecule has 1 amide bonds. The lowest BCUT2D eigenvalue weighted by atomic mass is 10.1. The number of carbonyl (C=O) groups excluding carboxylic acids is 1. The van der Waals surface area contributed by atoms with E-state index in [1.54, 1.807) is 43.8 Å². The smallest absolute Gasteiger partial charge is 0.265 e. The predicted molar refractivity (Wildman–Crippen MR) is 95.2 cm³/mol. The first-order valence-electron chi connectivity index (χ1n) is 7.77. The van der Waals surface area contributed by atoms with Gasteiger partial charge in [0.25, 0.3) is 5.91 Å². The van der Waals surface area contributed by atoms with Crippen LogP contribution >= 0.6 is 11.3 Å². The van der Waals surface area contributed by atoms with Crippen molar-refractivity contribution in [2.75, 3.05) is 19.5 Å². The van der Waals surface area contributed by atoms with Crippen molar-refractivity contribution in [3.8, 4) is 11.5 Å². The summed E-state index contributed by atoms with van der Waals surface area (Å²) in [6, 6.07) is 7.33. The zero-order valence-electron chi connectivity index (χ0n) is 14.1. The summed E-state index contributed by atoms with van der Waals surface area (Å²) in [5.41, 5.74) is 1.93. The average molecular weight is 333 g/mol. The number of aryl methyl sites for hydroxylation is 2. The zero-order valence-corrected chi connectivity index (χ0v) is 14.9. The summed E-state index contributed by atoms with van der Waals surface area (Å²) < 4.78 is 10.5. The fourth-order valence-electron chi connectivity index (χ4n) is 2.39. The van der Waals surface area contributed by atoms with E-state index in [9.17, 15) is 4.79 Å². The van der Waals surface area contributed by atoms with Crippen molar-refractivity contribution in [1.29, 1.82) is 0 Å². The molecule has 0 spiro atoms. The second kappa shape index (κ2) is 8.02. The molecule has 0 fully saturated rings. The molecule has 0 bridgehead atoms. The number of hydrogen-bond acceptors (Lipinski definition) is 4. The van der Waals surface area contributed by atoms with Crippen molar-refractivity contribution in [3.05, 3.63) is 39.6 Å². The Hall–Kier alpha value is -2.01. The quantitative estimate of drug-likeness (QED) is 0.809. The summed E-state index contributed by atoms with van der Waals surface area (Å²) in [5, 5.41) is 2.93. The van der Waals surface area contributed by atoms with E-state index in [1.165, 1.54) is 10.4 Å². The number of carbonyl (C=O) groups is 1. The molecule has 2 rings (SSSR count). The lowest BCUT2D eigenvalue weighted by molar-refractivity contribution is 0.103. The van der Waals surface area contributed by atoms with Gasteiger partial charge in [-0.05, 0) is 24.5 Å². The molecule has 1 aromatic carbocycles.